The number of carbonyl (C=O) groups is 2. The fourth-order valence-electron chi connectivity index (χ4n) is 0.214. The Morgan fingerprint density at radius 2 is 1.22 bits per heavy atom. The molecule has 0 aromatic carbocycles. The molecule has 0 aromatic rings. The third-order valence-electron chi connectivity index (χ3n) is 0.553. The first-order valence-electron chi connectivity index (χ1n) is 2.06. The first kappa shape index (κ1) is 11.9. The minimum atomic E-state index is -1.08. The summed E-state index contributed by atoms with van der Waals surface area (Å²) < 4.78 is 0. The van der Waals surface area contributed by atoms with Gasteiger partial charge in [0.1, 0.15) is 0 Å². The molecule has 0 rings (SSSR count). The molecule has 0 saturated heterocycles. The van der Waals surface area contributed by atoms with Gasteiger partial charge in [0, 0.05) is 0 Å². The van der Waals surface area contributed by atoms with Gasteiger partial charge < -0.3 is 10.2 Å². The molecule has 0 unspecified atom stereocenters. The quantitative estimate of drug-likeness (QED) is 0.520. The zero-order valence-corrected chi connectivity index (χ0v) is 4.13. The number of rotatable bonds is 3. The molecule has 50 valence electrons. The van der Waals surface area contributed by atoms with Crippen molar-refractivity contribution in [2.24, 2.45) is 0 Å². The zero-order valence-electron chi connectivity index (χ0n) is 4.13. The molecule has 0 aliphatic heterocycles. The fourth-order valence-corrected chi connectivity index (χ4v) is 0.214. The first-order chi connectivity index (χ1) is 3.63. The van der Waals surface area contributed by atoms with Gasteiger partial charge in [0.05, 0.1) is 12.8 Å². The summed E-state index contributed by atoms with van der Waals surface area (Å²) >= 11 is 0. The maximum atomic E-state index is 9.64. The summed E-state index contributed by atoms with van der Waals surface area (Å²) in [5.74, 6) is -2.15. The topological polar surface area (TPSA) is 74.6 Å². The minimum absolute atomic E-state index is 0. The van der Waals surface area contributed by atoms with Crippen molar-refractivity contribution in [1.29, 1.82) is 0 Å². The van der Waals surface area contributed by atoms with Crippen molar-refractivity contribution in [3.8, 4) is 0 Å². The molecule has 2 N–H and O–H groups in total. The van der Waals surface area contributed by atoms with Gasteiger partial charge >= 0.3 is 49.7 Å². The molecule has 0 bridgehead atoms. The third-order valence-corrected chi connectivity index (χ3v) is 0.553. The Kier molecular flexibility index (Phi) is 8.38. The SMILES string of the molecule is O=C(O)CCC(=O)O.[CaH2]. The van der Waals surface area contributed by atoms with E-state index in [-0.39, 0.29) is 50.6 Å². The van der Waals surface area contributed by atoms with Crippen LogP contribution >= 0.6 is 0 Å². The standard InChI is InChI=1S/C4H6O4.Ca.2H/c5-3(6)1-2-4(7)8;;;/h1-2H2,(H,5,6)(H,7,8);;;. The summed E-state index contributed by atoms with van der Waals surface area (Å²) in [6, 6.07) is 0. The Labute approximate surface area is 81.9 Å². The normalized spacial score (nSPS) is 7.56. The van der Waals surface area contributed by atoms with Gasteiger partial charge in [0.25, 0.3) is 0 Å². The van der Waals surface area contributed by atoms with Gasteiger partial charge in [-0.1, -0.05) is 0 Å². The molecule has 9 heavy (non-hydrogen) atoms. The molecule has 0 heterocycles. The predicted octanol–water partition coefficient (Wildman–Crippen LogP) is -0.980. The van der Waals surface area contributed by atoms with Crippen LogP contribution in [0.25, 0.3) is 0 Å². The zero-order chi connectivity index (χ0) is 6.57. The van der Waals surface area contributed by atoms with E-state index in [1.54, 1.807) is 0 Å². The van der Waals surface area contributed by atoms with E-state index in [0.29, 0.717) is 0 Å². The molecule has 0 spiro atoms. The van der Waals surface area contributed by atoms with Gasteiger partial charge in [-0.15, -0.1) is 0 Å². The Hall–Kier alpha value is 0.200. The van der Waals surface area contributed by atoms with Crippen molar-refractivity contribution in [3.05, 3.63) is 0 Å². The summed E-state index contributed by atoms with van der Waals surface area (Å²) in [6.07, 6.45) is -0.593. The van der Waals surface area contributed by atoms with Crippen LogP contribution < -0.4 is 0 Å². The van der Waals surface area contributed by atoms with Crippen LogP contribution in [0.2, 0.25) is 0 Å². The third kappa shape index (κ3) is 11.7. The Bertz CT molecular complexity index is 97.1. The van der Waals surface area contributed by atoms with Crippen molar-refractivity contribution >= 4 is 49.7 Å². The number of aliphatic carboxylic acids is 2. The Morgan fingerprint density at radius 1 is 1.00 bits per heavy atom. The summed E-state index contributed by atoms with van der Waals surface area (Å²) in [6.45, 7) is 0. The number of carboxylic acid groups (broad SMARTS) is 2. The van der Waals surface area contributed by atoms with Gasteiger partial charge in [-0.25, -0.2) is 0 Å². The van der Waals surface area contributed by atoms with Gasteiger partial charge in [0.15, 0.2) is 0 Å². The van der Waals surface area contributed by atoms with Gasteiger partial charge in [-0.05, 0) is 0 Å². The van der Waals surface area contributed by atoms with Gasteiger partial charge in [0.2, 0.25) is 0 Å². The Balaban J connectivity index is 0. The second kappa shape index (κ2) is 6.32. The molecule has 0 fully saturated rings. The fraction of sp³-hybridized carbons (Fsp3) is 0.500. The molecule has 0 aromatic heterocycles. The number of hydrogen-bond donors (Lipinski definition) is 2. The second-order valence-corrected chi connectivity index (χ2v) is 1.29. The van der Waals surface area contributed by atoms with E-state index in [0.717, 1.165) is 0 Å². The second-order valence-electron chi connectivity index (χ2n) is 1.29. The average Bonchev–Trinajstić information content (AvgIpc) is 1.61. The van der Waals surface area contributed by atoms with Crippen molar-refractivity contribution in [1.82, 2.24) is 0 Å². The van der Waals surface area contributed by atoms with Crippen molar-refractivity contribution < 1.29 is 19.8 Å². The molecule has 4 nitrogen and oxygen atoms in total. The van der Waals surface area contributed by atoms with E-state index in [1.807, 2.05) is 0 Å². The molecular weight excluding hydrogens is 152 g/mol. The van der Waals surface area contributed by atoms with Crippen molar-refractivity contribution in [2.75, 3.05) is 0 Å². The molecule has 0 aliphatic carbocycles. The van der Waals surface area contributed by atoms with Gasteiger partial charge in [-0.3, -0.25) is 9.59 Å². The van der Waals surface area contributed by atoms with Crippen LogP contribution in [-0.2, 0) is 9.59 Å². The van der Waals surface area contributed by atoms with E-state index < -0.39 is 11.9 Å². The van der Waals surface area contributed by atoms with Crippen LogP contribution in [0.1, 0.15) is 12.8 Å². The van der Waals surface area contributed by atoms with Crippen LogP contribution in [-0.4, -0.2) is 59.9 Å². The maximum absolute atomic E-state index is 9.64. The monoisotopic (exact) mass is 160 g/mol. The van der Waals surface area contributed by atoms with E-state index in [4.69, 9.17) is 10.2 Å². The van der Waals surface area contributed by atoms with E-state index in [2.05, 4.69) is 0 Å². The van der Waals surface area contributed by atoms with Crippen LogP contribution in [0.5, 0.6) is 0 Å². The predicted molar refractivity (Wildman–Crippen MR) is 33.0 cm³/mol. The average molecular weight is 160 g/mol. The Morgan fingerprint density at radius 3 is 1.33 bits per heavy atom. The molecule has 0 aliphatic rings. The van der Waals surface area contributed by atoms with Gasteiger partial charge in [-0.2, -0.15) is 0 Å². The number of carboxylic acids is 2. The van der Waals surface area contributed by atoms with Crippen LogP contribution in [0.4, 0.5) is 0 Å². The van der Waals surface area contributed by atoms with Crippen LogP contribution in [0.15, 0.2) is 0 Å². The van der Waals surface area contributed by atoms with E-state index >= 15 is 0 Å². The molecular formula is C4H8CaO4. The molecule has 0 amide bonds. The summed E-state index contributed by atoms with van der Waals surface area (Å²) in [4.78, 5) is 19.3. The number of hydrogen-bond acceptors (Lipinski definition) is 2. The van der Waals surface area contributed by atoms with E-state index in [1.165, 1.54) is 0 Å². The summed E-state index contributed by atoms with van der Waals surface area (Å²) in [7, 11) is 0. The van der Waals surface area contributed by atoms with Crippen LogP contribution in [0.3, 0.4) is 0 Å². The van der Waals surface area contributed by atoms with E-state index in [9.17, 15) is 9.59 Å². The molecule has 0 radical (unpaired) electrons. The molecule has 0 atom stereocenters. The van der Waals surface area contributed by atoms with Crippen molar-refractivity contribution in [3.63, 3.8) is 0 Å². The van der Waals surface area contributed by atoms with Crippen molar-refractivity contribution in [2.45, 2.75) is 12.8 Å². The van der Waals surface area contributed by atoms with Crippen LogP contribution in [0, 0.1) is 0 Å². The summed E-state index contributed by atoms with van der Waals surface area (Å²) in [5.41, 5.74) is 0. The summed E-state index contributed by atoms with van der Waals surface area (Å²) in [5, 5.41) is 15.8. The first-order valence-corrected chi connectivity index (χ1v) is 2.06. The molecule has 5 heteroatoms. The molecule has 0 saturated carbocycles.